The van der Waals surface area contributed by atoms with Crippen LogP contribution in [0.2, 0.25) is 0 Å². The summed E-state index contributed by atoms with van der Waals surface area (Å²) >= 11 is 1.74. The van der Waals surface area contributed by atoms with Crippen LogP contribution in [0.25, 0.3) is 0 Å². The van der Waals surface area contributed by atoms with Crippen LogP contribution >= 0.6 is 11.8 Å². The molecule has 2 rings (SSSR count). The van der Waals surface area contributed by atoms with Crippen LogP contribution in [-0.2, 0) is 5.75 Å². The summed E-state index contributed by atoms with van der Waals surface area (Å²) in [7, 11) is 0. The molecule has 2 aromatic rings. The van der Waals surface area contributed by atoms with Crippen LogP contribution in [0.3, 0.4) is 0 Å². The Kier molecular flexibility index (Phi) is 3.37. The number of thioether (sulfide) groups is 1. The molecular weight excluding hydrogens is 218 g/mol. The first kappa shape index (κ1) is 10.9. The standard InChI is InChI=1S/C13H13NOS/c14-11-3-1-10(2-4-11)9-16-13-7-5-12(15)6-8-13/h1-8,15H,9,14H2. The third-order valence-electron chi connectivity index (χ3n) is 2.22. The predicted molar refractivity (Wildman–Crippen MR) is 68.5 cm³/mol. The summed E-state index contributed by atoms with van der Waals surface area (Å²) in [6.07, 6.45) is 0. The minimum Gasteiger partial charge on any atom is -0.508 e. The average molecular weight is 231 g/mol. The molecule has 0 aliphatic heterocycles. The molecule has 0 spiro atoms. The fourth-order valence-corrected chi connectivity index (χ4v) is 2.18. The molecule has 0 radical (unpaired) electrons. The molecule has 0 atom stereocenters. The van der Waals surface area contributed by atoms with E-state index in [4.69, 9.17) is 10.8 Å². The second-order valence-corrected chi connectivity index (χ2v) is 4.57. The first-order valence-electron chi connectivity index (χ1n) is 5.00. The van der Waals surface area contributed by atoms with E-state index in [0.717, 1.165) is 16.3 Å². The minimum atomic E-state index is 0.303. The van der Waals surface area contributed by atoms with Crippen molar-refractivity contribution in [3.63, 3.8) is 0 Å². The Morgan fingerprint density at radius 2 is 1.56 bits per heavy atom. The fraction of sp³-hybridized carbons (Fsp3) is 0.0769. The van der Waals surface area contributed by atoms with Crippen LogP contribution in [0.4, 0.5) is 5.69 Å². The molecule has 2 nitrogen and oxygen atoms in total. The second kappa shape index (κ2) is 4.94. The number of nitrogen functional groups attached to an aromatic ring is 1. The molecule has 82 valence electrons. The number of aromatic hydroxyl groups is 1. The topological polar surface area (TPSA) is 46.2 Å². The molecule has 0 fully saturated rings. The lowest BCUT2D eigenvalue weighted by Crippen LogP contribution is -1.85. The van der Waals surface area contributed by atoms with Crippen molar-refractivity contribution in [2.75, 3.05) is 5.73 Å². The first-order valence-corrected chi connectivity index (χ1v) is 5.99. The molecule has 3 heteroatoms. The Hall–Kier alpha value is -1.61. The Balaban J connectivity index is 1.97. The van der Waals surface area contributed by atoms with Crippen LogP contribution < -0.4 is 5.73 Å². The van der Waals surface area contributed by atoms with Crippen LogP contribution in [-0.4, -0.2) is 5.11 Å². The highest BCUT2D eigenvalue weighted by Gasteiger charge is 1.96. The van der Waals surface area contributed by atoms with Crippen molar-refractivity contribution >= 4 is 17.4 Å². The number of hydrogen-bond acceptors (Lipinski definition) is 3. The Labute approximate surface area is 99.1 Å². The van der Waals surface area contributed by atoms with Gasteiger partial charge in [0, 0.05) is 16.3 Å². The van der Waals surface area contributed by atoms with Gasteiger partial charge in [-0.3, -0.25) is 0 Å². The van der Waals surface area contributed by atoms with Crippen LogP contribution in [0.15, 0.2) is 53.4 Å². The van der Waals surface area contributed by atoms with Crippen molar-refractivity contribution in [2.24, 2.45) is 0 Å². The number of nitrogens with two attached hydrogens (primary N) is 1. The van der Waals surface area contributed by atoms with Crippen LogP contribution in [0.1, 0.15) is 5.56 Å². The van der Waals surface area contributed by atoms with Gasteiger partial charge in [0.2, 0.25) is 0 Å². The van der Waals surface area contributed by atoms with Crippen molar-refractivity contribution in [2.45, 2.75) is 10.6 Å². The Bertz CT molecular complexity index is 405. The molecule has 2 aromatic carbocycles. The lowest BCUT2D eigenvalue weighted by atomic mass is 10.2. The molecule has 0 unspecified atom stereocenters. The average Bonchev–Trinajstić information content (AvgIpc) is 2.30. The van der Waals surface area contributed by atoms with Gasteiger partial charge in [0.25, 0.3) is 0 Å². The van der Waals surface area contributed by atoms with E-state index in [2.05, 4.69) is 0 Å². The van der Waals surface area contributed by atoms with Crippen molar-refractivity contribution < 1.29 is 5.11 Å². The highest BCUT2D eigenvalue weighted by molar-refractivity contribution is 7.98. The summed E-state index contributed by atoms with van der Waals surface area (Å²) in [5.74, 6) is 1.21. The van der Waals surface area contributed by atoms with Gasteiger partial charge in [-0.05, 0) is 42.0 Å². The van der Waals surface area contributed by atoms with Crippen LogP contribution in [0, 0.1) is 0 Å². The highest BCUT2D eigenvalue weighted by atomic mass is 32.2. The zero-order valence-corrected chi connectivity index (χ0v) is 9.58. The summed E-state index contributed by atoms with van der Waals surface area (Å²) in [4.78, 5) is 1.15. The fourth-order valence-electron chi connectivity index (χ4n) is 1.32. The largest absolute Gasteiger partial charge is 0.508 e. The summed E-state index contributed by atoms with van der Waals surface area (Å²) in [5, 5.41) is 9.15. The van der Waals surface area contributed by atoms with E-state index in [1.165, 1.54) is 5.56 Å². The van der Waals surface area contributed by atoms with Gasteiger partial charge in [0.05, 0.1) is 0 Å². The number of rotatable bonds is 3. The van der Waals surface area contributed by atoms with E-state index >= 15 is 0 Å². The number of benzene rings is 2. The van der Waals surface area contributed by atoms with Gasteiger partial charge in [0.15, 0.2) is 0 Å². The van der Waals surface area contributed by atoms with E-state index in [1.54, 1.807) is 23.9 Å². The molecular formula is C13H13NOS. The first-order chi connectivity index (χ1) is 7.74. The van der Waals surface area contributed by atoms with Crippen molar-refractivity contribution in [1.82, 2.24) is 0 Å². The zero-order chi connectivity index (χ0) is 11.4. The van der Waals surface area contributed by atoms with Gasteiger partial charge in [0.1, 0.15) is 5.75 Å². The third-order valence-corrected chi connectivity index (χ3v) is 3.31. The van der Waals surface area contributed by atoms with Gasteiger partial charge in [-0.25, -0.2) is 0 Å². The second-order valence-electron chi connectivity index (χ2n) is 3.52. The molecule has 0 amide bonds. The maximum absolute atomic E-state index is 9.15. The number of anilines is 1. The molecule has 16 heavy (non-hydrogen) atoms. The highest BCUT2D eigenvalue weighted by Crippen LogP contribution is 2.24. The maximum atomic E-state index is 9.15. The minimum absolute atomic E-state index is 0.303. The number of phenolic OH excluding ortho intramolecular Hbond substituents is 1. The van der Waals surface area contributed by atoms with E-state index in [1.807, 2.05) is 36.4 Å². The quantitative estimate of drug-likeness (QED) is 0.629. The van der Waals surface area contributed by atoms with Gasteiger partial charge < -0.3 is 10.8 Å². The lowest BCUT2D eigenvalue weighted by molar-refractivity contribution is 0.475. The Morgan fingerprint density at radius 1 is 0.938 bits per heavy atom. The van der Waals surface area contributed by atoms with E-state index in [-0.39, 0.29) is 0 Å². The van der Waals surface area contributed by atoms with Gasteiger partial charge in [-0.15, -0.1) is 11.8 Å². The zero-order valence-electron chi connectivity index (χ0n) is 8.76. The van der Waals surface area contributed by atoms with Crippen LogP contribution in [0.5, 0.6) is 5.75 Å². The Morgan fingerprint density at radius 3 is 2.19 bits per heavy atom. The molecule has 0 aromatic heterocycles. The summed E-state index contributed by atoms with van der Waals surface area (Å²) in [5.41, 5.74) is 7.65. The molecule has 3 N–H and O–H groups in total. The predicted octanol–water partition coefficient (Wildman–Crippen LogP) is 3.27. The SMILES string of the molecule is Nc1ccc(CSc2ccc(O)cc2)cc1. The van der Waals surface area contributed by atoms with Crippen molar-refractivity contribution in [3.05, 3.63) is 54.1 Å². The molecule has 0 bridgehead atoms. The molecule has 0 heterocycles. The van der Waals surface area contributed by atoms with E-state index < -0.39 is 0 Å². The molecule has 0 saturated heterocycles. The normalized spacial score (nSPS) is 10.2. The molecule has 0 saturated carbocycles. The van der Waals surface area contributed by atoms with Gasteiger partial charge >= 0.3 is 0 Å². The monoisotopic (exact) mass is 231 g/mol. The number of phenols is 1. The van der Waals surface area contributed by atoms with Crippen molar-refractivity contribution in [1.29, 1.82) is 0 Å². The van der Waals surface area contributed by atoms with Gasteiger partial charge in [-0.2, -0.15) is 0 Å². The summed E-state index contributed by atoms with van der Waals surface area (Å²) < 4.78 is 0. The lowest BCUT2D eigenvalue weighted by Gasteiger charge is -2.02. The van der Waals surface area contributed by atoms with E-state index in [0.29, 0.717) is 5.75 Å². The summed E-state index contributed by atoms with van der Waals surface area (Å²) in [6.45, 7) is 0. The molecule has 0 aliphatic rings. The third kappa shape index (κ3) is 2.94. The maximum Gasteiger partial charge on any atom is 0.115 e. The summed E-state index contributed by atoms with van der Waals surface area (Å²) in [6, 6.07) is 15.1. The number of hydrogen-bond donors (Lipinski definition) is 2. The van der Waals surface area contributed by atoms with Gasteiger partial charge in [-0.1, -0.05) is 12.1 Å². The van der Waals surface area contributed by atoms with E-state index in [9.17, 15) is 0 Å². The molecule has 0 aliphatic carbocycles. The van der Waals surface area contributed by atoms with Crippen molar-refractivity contribution in [3.8, 4) is 5.75 Å². The smallest absolute Gasteiger partial charge is 0.115 e.